The Kier molecular flexibility index (Phi) is 13.0. The van der Waals surface area contributed by atoms with E-state index in [2.05, 4.69) is 28.1 Å². The van der Waals surface area contributed by atoms with Crippen LogP contribution in [-0.2, 0) is 36.8 Å². The number of rotatable bonds is 15. The quantitative estimate of drug-likeness (QED) is 0.0686. The average Bonchev–Trinajstić information content (AvgIpc) is 3.45. The van der Waals surface area contributed by atoms with E-state index in [0.717, 1.165) is 33.4 Å². The number of carbonyl (C=O) groups is 4. The summed E-state index contributed by atoms with van der Waals surface area (Å²) in [5.41, 5.74) is 5.29. The summed E-state index contributed by atoms with van der Waals surface area (Å²) in [6, 6.07) is 32.8. The van der Waals surface area contributed by atoms with Gasteiger partial charge in [-0.05, 0) is 73.4 Å². The number of amides is 3. The third-order valence-corrected chi connectivity index (χ3v) is 8.64. The lowest BCUT2D eigenvalue weighted by atomic mass is 9.98. The van der Waals surface area contributed by atoms with Gasteiger partial charge in [0.1, 0.15) is 30.9 Å². The minimum atomic E-state index is -1.03. The standard InChI is InChI=1S/C42H47N3O7/c1-42(2,3)52-39(47)37(26-29-16-6-4-7-17-29)44-38(46)36(24-14-15-25-43-40(48)50-27-30-18-8-5-9-19-30)45-41(49)51-28-35-33-22-12-10-20-31(33)32-21-11-13-23-34(32)35/h4-13,16-23,35-37H,14-15,24-28H2,1-3H3,(H,43,48)(H,44,46)(H,45,49)/t36-,37-/m0/s1. The van der Waals surface area contributed by atoms with Gasteiger partial charge in [-0.3, -0.25) is 4.79 Å². The molecule has 0 saturated heterocycles. The maximum absolute atomic E-state index is 13.9. The zero-order chi connectivity index (χ0) is 36.9. The largest absolute Gasteiger partial charge is 0.458 e. The summed E-state index contributed by atoms with van der Waals surface area (Å²) < 4.78 is 16.7. The van der Waals surface area contributed by atoms with Gasteiger partial charge >= 0.3 is 18.2 Å². The highest BCUT2D eigenvalue weighted by Gasteiger charge is 2.32. The molecule has 0 aliphatic heterocycles. The Bertz CT molecular complexity index is 1760. The number of esters is 1. The van der Waals surface area contributed by atoms with Gasteiger partial charge in [-0.15, -0.1) is 0 Å². The molecule has 52 heavy (non-hydrogen) atoms. The summed E-state index contributed by atoms with van der Waals surface area (Å²) in [6.07, 6.45) is 0.113. The van der Waals surface area contributed by atoms with Crippen molar-refractivity contribution in [2.45, 2.75) is 76.7 Å². The van der Waals surface area contributed by atoms with Crippen molar-refractivity contribution in [3.63, 3.8) is 0 Å². The second kappa shape index (κ2) is 18.0. The molecular formula is C42H47N3O7. The van der Waals surface area contributed by atoms with Crippen molar-refractivity contribution in [3.05, 3.63) is 131 Å². The molecule has 10 nitrogen and oxygen atoms in total. The number of alkyl carbamates (subject to hydrolysis) is 2. The number of carbonyl (C=O) groups excluding carboxylic acids is 4. The van der Waals surface area contributed by atoms with Crippen molar-refractivity contribution >= 4 is 24.1 Å². The fourth-order valence-electron chi connectivity index (χ4n) is 6.18. The Morgan fingerprint density at radius 3 is 1.85 bits per heavy atom. The molecule has 3 amide bonds. The molecule has 1 aliphatic carbocycles. The molecule has 0 unspecified atom stereocenters. The molecule has 1 aliphatic rings. The highest BCUT2D eigenvalue weighted by atomic mass is 16.6. The Morgan fingerprint density at radius 2 is 1.23 bits per heavy atom. The fraction of sp³-hybridized carbons (Fsp3) is 0.333. The van der Waals surface area contributed by atoms with Crippen LogP contribution in [0.2, 0.25) is 0 Å². The molecule has 10 heteroatoms. The van der Waals surface area contributed by atoms with Gasteiger partial charge in [0.25, 0.3) is 0 Å². The van der Waals surface area contributed by atoms with Crippen LogP contribution in [0.4, 0.5) is 9.59 Å². The van der Waals surface area contributed by atoms with E-state index in [9.17, 15) is 19.2 Å². The molecule has 3 N–H and O–H groups in total. The second-order valence-electron chi connectivity index (χ2n) is 13.8. The number of fused-ring (bicyclic) bond motifs is 3. The SMILES string of the molecule is CC(C)(C)OC(=O)[C@H](Cc1ccccc1)NC(=O)[C@H](CCCCNC(=O)OCc1ccccc1)NC(=O)OCC1c2ccccc2-c2ccccc21. The van der Waals surface area contributed by atoms with Gasteiger partial charge < -0.3 is 30.2 Å². The summed E-state index contributed by atoms with van der Waals surface area (Å²) in [5.74, 6) is -1.28. The van der Waals surface area contributed by atoms with Crippen LogP contribution in [0.1, 0.15) is 68.2 Å². The van der Waals surface area contributed by atoms with Crippen molar-refractivity contribution in [1.82, 2.24) is 16.0 Å². The predicted molar refractivity (Wildman–Crippen MR) is 198 cm³/mol. The normalized spacial score (nSPS) is 13.1. The van der Waals surface area contributed by atoms with Crippen LogP contribution in [0.25, 0.3) is 11.1 Å². The summed E-state index contributed by atoms with van der Waals surface area (Å²) in [5, 5.41) is 8.31. The highest BCUT2D eigenvalue weighted by Crippen LogP contribution is 2.44. The van der Waals surface area contributed by atoms with Gasteiger partial charge in [-0.25, -0.2) is 14.4 Å². The molecule has 4 aromatic rings. The van der Waals surface area contributed by atoms with E-state index < -0.39 is 41.7 Å². The van der Waals surface area contributed by atoms with Crippen LogP contribution in [0.15, 0.2) is 109 Å². The summed E-state index contributed by atoms with van der Waals surface area (Å²) in [6.45, 7) is 5.83. The number of hydrogen-bond acceptors (Lipinski definition) is 7. The van der Waals surface area contributed by atoms with Crippen LogP contribution in [0, 0.1) is 0 Å². The number of benzene rings is 4. The van der Waals surface area contributed by atoms with E-state index in [1.165, 1.54) is 0 Å². The maximum atomic E-state index is 13.9. The smallest absolute Gasteiger partial charge is 0.407 e. The minimum absolute atomic E-state index is 0.0811. The first kappa shape index (κ1) is 37.6. The van der Waals surface area contributed by atoms with E-state index >= 15 is 0 Å². The van der Waals surface area contributed by atoms with Gasteiger partial charge in [0, 0.05) is 18.9 Å². The van der Waals surface area contributed by atoms with Crippen molar-refractivity contribution in [1.29, 1.82) is 0 Å². The topological polar surface area (TPSA) is 132 Å². The molecule has 0 saturated carbocycles. The van der Waals surface area contributed by atoms with E-state index in [4.69, 9.17) is 14.2 Å². The third kappa shape index (κ3) is 10.9. The third-order valence-electron chi connectivity index (χ3n) is 8.64. The van der Waals surface area contributed by atoms with Crippen LogP contribution in [-0.4, -0.2) is 54.9 Å². The van der Waals surface area contributed by atoms with E-state index in [1.807, 2.05) is 97.1 Å². The fourth-order valence-corrected chi connectivity index (χ4v) is 6.18. The molecule has 0 spiro atoms. The summed E-state index contributed by atoms with van der Waals surface area (Å²) >= 11 is 0. The number of ether oxygens (including phenoxy) is 3. The molecule has 0 radical (unpaired) electrons. The molecule has 5 rings (SSSR count). The van der Waals surface area contributed by atoms with Crippen LogP contribution in [0.3, 0.4) is 0 Å². The summed E-state index contributed by atoms with van der Waals surface area (Å²) in [7, 11) is 0. The first-order valence-corrected chi connectivity index (χ1v) is 17.7. The van der Waals surface area contributed by atoms with Gasteiger partial charge in [0.15, 0.2) is 0 Å². The molecule has 0 bridgehead atoms. The van der Waals surface area contributed by atoms with Crippen LogP contribution >= 0.6 is 0 Å². The Morgan fingerprint density at radius 1 is 0.654 bits per heavy atom. The monoisotopic (exact) mass is 705 g/mol. The first-order chi connectivity index (χ1) is 25.1. The van der Waals surface area contributed by atoms with Gasteiger partial charge in [0.05, 0.1) is 0 Å². The molecule has 0 fully saturated rings. The molecule has 2 atom stereocenters. The van der Waals surface area contributed by atoms with Crippen LogP contribution < -0.4 is 16.0 Å². The zero-order valence-corrected chi connectivity index (χ0v) is 29.9. The zero-order valence-electron chi connectivity index (χ0n) is 29.9. The Hall–Kier alpha value is -5.64. The van der Waals surface area contributed by atoms with Gasteiger partial charge in [-0.2, -0.15) is 0 Å². The van der Waals surface area contributed by atoms with Crippen LogP contribution in [0.5, 0.6) is 0 Å². The average molecular weight is 706 g/mol. The van der Waals surface area contributed by atoms with Crippen molar-refractivity contribution < 1.29 is 33.4 Å². The molecule has 272 valence electrons. The lowest BCUT2D eigenvalue weighted by Crippen LogP contribution is -2.53. The van der Waals surface area contributed by atoms with Crippen molar-refractivity contribution in [2.75, 3.05) is 13.2 Å². The second-order valence-corrected chi connectivity index (χ2v) is 13.8. The van der Waals surface area contributed by atoms with E-state index in [1.54, 1.807) is 20.8 Å². The van der Waals surface area contributed by atoms with Gasteiger partial charge in [-0.1, -0.05) is 109 Å². The molecular weight excluding hydrogens is 658 g/mol. The molecule has 4 aromatic carbocycles. The summed E-state index contributed by atoms with van der Waals surface area (Å²) in [4.78, 5) is 52.7. The number of nitrogens with one attached hydrogen (secondary N) is 3. The molecule has 0 heterocycles. The highest BCUT2D eigenvalue weighted by molar-refractivity contribution is 5.90. The van der Waals surface area contributed by atoms with E-state index in [0.29, 0.717) is 19.4 Å². The van der Waals surface area contributed by atoms with Crippen molar-refractivity contribution in [3.8, 4) is 11.1 Å². The minimum Gasteiger partial charge on any atom is -0.458 e. The van der Waals surface area contributed by atoms with Gasteiger partial charge in [0.2, 0.25) is 5.91 Å². The maximum Gasteiger partial charge on any atom is 0.407 e. The number of unbranched alkanes of at least 4 members (excludes halogenated alkanes) is 1. The Labute approximate surface area is 305 Å². The lowest BCUT2D eigenvalue weighted by molar-refractivity contribution is -0.158. The van der Waals surface area contributed by atoms with Crippen molar-refractivity contribution in [2.24, 2.45) is 0 Å². The predicted octanol–water partition coefficient (Wildman–Crippen LogP) is 7.06. The number of hydrogen-bond donors (Lipinski definition) is 3. The first-order valence-electron chi connectivity index (χ1n) is 17.7. The Balaban J connectivity index is 1.22. The lowest BCUT2D eigenvalue weighted by Gasteiger charge is -2.26. The molecule has 0 aromatic heterocycles. The van der Waals surface area contributed by atoms with E-state index in [-0.39, 0.29) is 32.0 Å².